The molecule has 3 nitrogen and oxygen atoms in total. The molecule has 3 atom stereocenters. The molecule has 3 aromatic rings. The lowest BCUT2D eigenvalue weighted by Gasteiger charge is -2.45. The minimum Gasteiger partial charge on any atom is -0.341 e. The molecule has 5 rings (SSSR count). The molecule has 162 valence electrons. The molecule has 0 N–H and O–H groups in total. The molecule has 0 radical (unpaired) electrons. The first-order valence-corrected chi connectivity index (χ1v) is 11.6. The Kier molecular flexibility index (Phi) is 5.42. The second kappa shape index (κ2) is 8.38. The number of carbonyl (C=O) groups is 2. The fourth-order valence-electron chi connectivity index (χ4n) is 6.01. The van der Waals surface area contributed by atoms with E-state index in [1.54, 1.807) is 0 Å². The fraction of sp³-hybridized carbons (Fsp3) is 0.310. The Hall–Kier alpha value is -3.20. The number of amides is 1. The standard InChI is InChI=1S/C29H29NO2/c1-21(22-11-5-2-6-12-22)28(32)30-19-25-26(20-30)29(18-17-27(25)31,23-13-7-3-8-14-23)24-15-9-4-10-16-24/h2-16,21,25-26H,17-20H2,1H3/t21-,25+,26-/m1/s1. The first-order valence-electron chi connectivity index (χ1n) is 11.6. The van der Waals surface area contributed by atoms with Crippen LogP contribution in [0, 0.1) is 11.8 Å². The Morgan fingerprint density at radius 1 is 0.844 bits per heavy atom. The van der Waals surface area contributed by atoms with Crippen LogP contribution in [0.1, 0.15) is 42.4 Å². The number of ketones is 1. The summed E-state index contributed by atoms with van der Waals surface area (Å²) >= 11 is 0. The molecule has 1 aliphatic heterocycles. The van der Waals surface area contributed by atoms with Gasteiger partial charge < -0.3 is 4.90 Å². The van der Waals surface area contributed by atoms with Crippen LogP contribution in [0.25, 0.3) is 0 Å². The van der Waals surface area contributed by atoms with E-state index in [-0.39, 0.29) is 29.1 Å². The summed E-state index contributed by atoms with van der Waals surface area (Å²) in [5.41, 5.74) is 3.26. The smallest absolute Gasteiger partial charge is 0.229 e. The van der Waals surface area contributed by atoms with Gasteiger partial charge in [0.05, 0.1) is 5.92 Å². The highest BCUT2D eigenvalue weighted by molar-refractivity contribution is 5.88. The van der Waals surface area contributed by atoms with Gasteiger partial charge in [-0.05, 0) is 30.0 Å². The molecule has 1 aliphatic carbocycles. The minimum atomic E-state index is -0.258. The first kappa shape index (κ1) is 20.7. The predicted octanol–water partition coefficient (Wildman–Crippen LogP) is 5.21. The van der Waals surface area contributed by atoms with Crippen LogP contribution in [-0.4, -0.2) is 29.7 Å². The summed E-state index contributed by atoms with van der Waals surface area (Å²) in [5, 5.41) is 0. The summed E-state index contributed by atoms with van der Waals surface area (Å²) < 4.78 is 0. The summed E-state index contributed by atoms with van der Waals surface area (Å²) in [7, 11) is 0. The summed E-state index contributed by atoms with van der Waals surface area (Å²) in [6.45, 7) is 3.13. The van der Waals surface area contributed by atoms with Crippen molar-refractivity contribution in [1.82, 2.24) is 4.90 Å². The molecule has 3 aromatic carbocycles. The van der Waals surface area contributed by atoms with Crippen LogP contribution < -0.4 is 0 Å². The van der Waals surface area contributed by atoms with Crippen molar-refractivity contribution in [2.75, 3.05) is 13.1 Å². The van der Waals surface area contributed by atoms with Crippen molar-refractivity contribution in [3.63, 3.8) is 0 Å². The Balaban J connectivity index is 1.54. The van der Waals surface area contributed by atoms with Gasteiger partial charge in [-0.1, -0.05) is 91.0 Å². The molecule has 0 unspecified atom stereocenters. The predicted molar refractivity (Wildman–Crippen MR) is 126 cm³/mol. The van der Waals surface area contributed by atoms with Crippen LogP contribution in [0.15, 0.2) is 91.0 Å². The maximum atomic E-state index is 13.5. The van der Waals surface area contributed by atoms with Crippen molar-refractivity contribution in [1.29, 1.82) is 0 Å². The van der Waals surface area contributed by atoms with Gasteiger partial charge in [0.2, 0.25) is 5.91 Å². The molecule has 1 amide bonds. The molecule has 0 spiro atoms. The van der Waals surface area contributed by atoms with Crippen LogP contribution in [0.3, 0.4) is 0 Å². The topological polar surface area (TPSA) is 37.4 Å². The lowest BCUT2D eigenvalue weighted by Crippen LogP contribution is -2.47. The van der Waals surface area contributed by atoms with Gasteiger partial charge in [0.25, 0.3) is 0 Å². The van der Waals surface area contributed by atoms with Crippen molar-refractivity contribution in [3.8, 4) is 0 Å². The van der Waals surface area contributed by atoms with E-state index >= 15 is 0 Å². The van der Waals surface area contributed by atoms with Crippen molar-refractivity contribution < 1.29 is 9.59 Å². The third-order valence-corrected chi connectivity index (χ3v) is 7.69. The molecule has 1 heterocycles. The zero-order valence-electron chi connectivity index (χ0n) is 18.5. The van der Waals surface area contributed by atoms with Crippen LogP contribution >= 0.6 is 0 Å². The number of benzene rings is 3. The number of carbonyl (C=O) groups excluding carboxylic acids is 2. The number of likely N-dealkylation sites (tertiary alicyclic amines) is 1. The van der Waals surface area contributed by atoms with Crippen molar-refractivity contribution in [2.24, 2.45) is 11.8 Å². The number of nitrogens with zero attached hydrogens (tertiary/aromatic N) is 1. The van der Waals surface area contributed by atoms with E-state index < -0.39 is 0 Å². The lowest BCUT2D eigenvalue weighted by atomic mass is 9.56. The zero-order chi connectivity index (χ0) is 22.1. The van der Waals surface area contributed by atoms with E-state index in [4.69, 9.17) is 0 Å². The van der Waals surface area contributed by atoms with Gasteiger partial charge in [-0.15, -0.1) is 0 Å². The molecule has 32 heavy (non-hydrogen) atoms. The highest BCUT2D eigenvalue weighted by atomic mass is 16.2. The molecule has 2 fully saturated rings. The highest BCUT2D eigenvalue weighted by Crippen LogP contribution is 2.52. The van der Waals surface area contributed by atoms with E-state index in [0.29, 0.717) is 25.3 Å². The number of Topliss-reactive ketones (excluding diaryl/α,β-unsaturated/α-hetero) is 1. The first-order chi connectivity index (χ1) is 15.6. The minimum absolute atomic E-state index is 0.0838. The number of fused-ring (bicyclic) bond motifs is 1. The van der Waals surface area contributed by atoms with Gasteiger partial charge in [0, 0.05) is 36.8 Å². The normalized spacial score (nSPS) is 22.9. The largest absolute Gasteiger partial charge is 0.341 e. The van der Waals surface area contributed by atoms with Crippen molar-refractivity contribution in [2.45, 2.75) is 31.1 Å². The third-order valence-electron chi connectivity index (χ3n) is 7.69. The maximum Gasteiger partial charge on any atom is 0.229 e. The number of hydrogen-bond donors (Lipinski definition) is 0. The van der Waals surface area contributed by atoms with Gasteiger partial charge >= 0.3 is 0 Å². The second-order valence-corrected chi connectivity index (χ2v) is 9.26. The van der Waals surface area contributed by atoms with Crippen LogP contribution in [0.4, 0.5) is 0 Å². The van der Waals surface area contributed by atoms with Gasteiger partial charge in [0.15, 0.2) is 0 Å². The lowest BCUT2D eigenvalue weighted by molar-refractivity contribution is -0.131. The fourth-order valence-corrected chi connectivity index (χ4v) is 6.01. The molecule has 3 heteroatoms. The Morgan fingerprint density at radius 3 is 1.94 bits per heavy atom. The molecule has 1 saturated carbocycles. The third kappa shape index (κ3) is 3.37. The summed E-state index contributed by atoms with van der Waals surface area (Å²) in [4.78, 5) is 28.5. The van der Waals surface area contributed by atoms with Crippen LogP contribution in [-0.2, 0) is 15.0 Å². The molecule has 0 bridgehead atoms. The van der Waals surface area contributed by atoms with Crippen molar-refractivity contribution >= 4 is 11.7 Å². The quantitative estimate of drug-likeness (QED) is 0.577. The molecule has 2 aliphatic rings. The zero-order valence-corrected chi connectivity index (χ0v) is 18.5. The molecule has 0 aromatic heterocycles. The Morgan fingerprint density at radius 2 is 1.38 bits per heavy atom. The SMILES string of the molecule is C[C@@H](C(=O)N1C[C@@H]2C(=O)CCC(c3ccccc3)(c3ccccc3)[C@@H]2C1)c1ccccc1. The average molecular weight is 424 g/mol. The van der Waals surface area contributed by atoms with Gasteiger partial charge in [-0.3, -0.25) is 9.59 Å². The van der Waals surface area contributed by atoms with E-state index in [1.807, 2.05) is 54.3 Å². The van der Waals surface area contributed by atoms with E-state index in [1.165, 1.54) is 11.1 Å². The van der Waals surface area contributed by atoms with E-state index in [2.05, 4.69) is 48.5 Å². The molecular weight excluding hydrogens is 394 g/mol. The van der Waals surface area contributed by atoms with Gasteiger partial charge in [-0.2, -0.15) is 0 Å². The van der Waals surface area contributed by atoms with E-state index in [0.717, 1.165) is 12.0 Å². The monoisotopic (exact) mass is 423 g/mol. The second-order valence-electron chi connectivity index (χ2n) is 9.26. The van der Waals surface area contributed by atoms with Gasteiger partial charge in [-0.25, -0.2) is 0 Å². The average Bonchev–Trinajstić information content (AvgIpc) is 3.32. The number of hydrogen-bond acceptors (Lipinski definition) is 2. The summed E-state index contributed by atoms with van der Waals surface area (Å²) in [6.07, 6.45) is 1.35. The van der Waals surface area contributed by atoms with Crippen LogP contribution in [0.5, 0.6) is 0 Å². The maximum absolute atomic E-state index is 13.5. The number of rotatable bonds is 4. The van der Waals surface area contributed by atoms with E-state index in [9.17, 15) is 9.59 Å². The summed E-state index contributed by atoms with van der Waals surface area (Å²) in [6, 6.07) is 31.1. The van der Waals surface area contributed by atoms with Gasteiger partial charge in [0.1, 0.15) is 5.78 Å². The molecule has 1 saturated heterocycles. The van der Waals surface area contributed by atoms with Crippen LogP contribution in [0.2, 0.25) is 0 Å². The molecular formula is C29H29NO2. The Labute approximate surface area is 190 Å². The Bertz CT molecular complexity index is 1050. The summed E-state index contributed by atoms with van der Waals surface area (Å²) in [5.74, 6) is 0.180. The highest BCUT2D eigenvalue weighted by Gasteiger charge is 2.55. The van der Waals surface area contributed by atoms with Crippen molar-refractivity contribution in [3.05, 3.63) is 108 Å².